The first kappa shape index (κ1) is 21.2. The monoisotopic (exact) mass is 479 g/mol. The van der Waals surface area contributed by atoms with Gasteiger partial charge in [0.2, 0.25) is 0 Å². The molecule has 164 valence electrons. The Morgan fingerprint density at radius 2 is 1.94 bits per heavy atom. The molecule has 5 rings (SSSR count). The predicted molar refractivity (Wildman–Crippen MR) is 125 cm³/mol. The third-order valence-corrected chi connectivity index (χ3v) is 6.68. The van der Waals surface area contributed by atoms with Gasteiger partial charge in [-0.1, -0.05) is 29.8 Å². The first-order valence-electron chi connectivity index (χ1n) is 9.94. The molecule has 0 fully saturated rings. The molecular weight excluding hydrogens is 465 g/mol. The normalized spacial score (nSPS) is 14.8. The number of rotatable bonds is 4. The van der Waals surface area contributed by atoms with E-state index in [4.69, 9.17) is 11.6 Å². The number of carbonyl (C=O) groups excluding carboxylic acids is 3. The fourth-order valence-corrected chi connectivity index (χ4v) is 4.94. The van der Waals surface area contributed by atoms with Crippen LogP contribution in [0.5, 0.6) is 0 Å². The average molecular weight is 480 g/mol. The summed E-state index contributed by atoms with van der Waals surface area (Å²) in [6, 6.07) is 13.4. The molecule has 0 spiro atoms. The van der Waals surface area contributed by atoms with E-state index in [0.29, 0.717) is 16.5 Å². The fraction of sp³-hybridized carbons (Fsp3) is 0.0833. The summed E-state index contributed by atoms with van der Waals surface area (Å²) in [6.07, 6.45) is 0. The minimum atomic E-state index is -0.806. The van der Waals surface area contributed by atoms with Crippen molar-refractivity contribution in [3.05, 3.63) is 93.4 Å². The van der Waals surface area contributed by atoms with Crippen molar-refractivity contribution in [3.63, 3.8) is 0 Å². The number of aromatic nitrogens is 1. The Kier molecular flexibility index (Phi) is 5.19. The van der Waals surface area contributed by atoms with Crippen molar-refractivity contribution in [2.24, 2.45) is 0 Å². The predicted octanol–water partition coefficient (Wildman–Crippen LogP) is 5.38. The van der Waals surface area contributed by atoms with Crippen LogP contribution in [-0.2, 0) is 0 Å². The molecule has 2 amide bonds. The van der Waals surface area contributed by atoms with Gasteiger partial charge in [-0.05, 0) is 54.9 Å². The van der Waals surface area contributed by atoms with E-state index in [-0.39, 0.29) is 33.3 Å². The molecule has 1 aliphatic heterocycles. The van der Waals surface area contributed by atoms with E-state index >= 15 is 0 Å². The second-order valence-corrected chi connectivity index (χ2v) is 8.81. The van der Waals surface area contributed by atoms with E-state index in [9.17, 15) is 18.8 Å². The summed E-state index contributed by atoms with van der Waals surface area (Å²) >= 11 is 7.51. The molecule has 3 aromatic carbocycles. The summed E-state index contributed by atoms with van der Waals surface area (Å²) in [5.41, 5.74) is 1.71. The van der Waals surface area contributed by atoms with Crippen molar-refractivity contribution in [1.29, 1.82) is 0 Å². The number of benzene rings is 3. The van der Waals surface area contributed by atoms with Gasteiger partial charge in [0.1, 0.15) is 11.5 Å². The molecule has 2 N–H and O–H groups in total. The maximum absolute atomic E-state index is 14.0. The van der Waals surface area contributed by atoms with Crippen LogP contribution in [-0.4, -0.2) is 22.0 Å². The number of Topliss-reactive ketones (excluding diaryl/α,β-unsaturated/α-hetero) is 1. The van der Waals surface area contributed by atoms with Gasteiger partial charge in [0, 0.05) is 38.4 Å². The van der Waals surface area contributed by atoms with E-state index in [1.54, 1.807) is 6.07 Å². The minimum absolute atomic E-state index is 0.214. The summed E-state index contributed by atoms with van der Waals surface area (Å²) in [7, 11) is 0. The van der Waals surface area contributed by atoms with Crippen LogP contribution in [0.4, 0.5) is 10.1 Å². The third kappa shape index (κ3) is 3.67. The highest BCUT2D eigenvalue weighted by Crippen LogP contribution is 2.40. The topological polar surface area (TPSA) is 88.2 Å². The largest absolute Gasteiger partial charge is 0.341 e. The van der Waals surface area contributed by atoms with Crippen LogP contribution < -0.4 is 10.6 Å². The van der Waals surface area contributed by atoms with Crippen molar-refractivity contribution >= 4 is 56.5 Å². The fourth-order valence-electron chi connectivity index (χ4n) is 3.94. The van der Waals surface area contributed by atoms with Crippen LogP contribution in [0, 0.1) is 5.82 Å². The van der Waals surface area contributed by atoms with Crippen LogP contribution in [0.2, 0.25) is 5.02 Å². The Balaban J connectivity index is 1.65. The van der Waals surface area contributed by atoms with Gasteiger partial charge in [0.05, 0.1) is 10.7 Å². The number of ketones is 1. The number of nitrogens with one attached hydrogen (secondary N) is 2. The van der Waals surface area contributed by atoms with Crippen molar-refractivity contribution in [1.82, 2.24) is 9.69 Å². The lowest BCUT2D eigenvalue weighted by Gasteiger charge is -2.18. The number of carbonyl (C=O) groups is 3. The molecule has 0 aliphatic carbocycles. The molecule has 4 aromatic rings. The quantitative estimate of drug-likeness (QED) is 0.385. The van der Waals surface area contributed by atoms with Crippen LogP contribution in [0.25, 0.3) is 10.1 Å². The standard InChI is InChI=1S/C24H15ClFN3O3S/c1-11(30)12-8-16-20(21(28-23(16)31)15-10-13(26)6-7-17(15)25)18(9-12)27-24(32)22-14-4-2-3-5-19(14)33-29-22/h2-10,21H,1H3,(H,27,32)(H,28,31). The van der Waals surface area contributed by atoms with Gasteiger partial charge in [-0.2, -0.15) is 4.37 Å². The van der Waals surface area contributed by atoms with Crippen LogP contribution in [0.3, 0.4) is 0 Å². The number of fused-ring (bicyclic) bond motifs is 2. The summed E-state index contributed by atoms with van der Waals surface area (Å²) in [5, 5.41) is 6.54. The molecule has 1 unspecified atom stereocenters. The van der Waals surface area contributed by atoms with E-state index in [1.807, 2.05) is 18.2 Å². The second-order valence-electron chi connectivity index (χ2n) is 7.60. The highest BCUT2D eigenvalue weighted by molar-refractivity contribution is 7.13. The van der Waals surface area contributed by atoms with Crippen molar-refractivity contribution in [3.8, 4) is 0 Å². The number of nitrogens with zero attached hydrogens (tertiary/aromatic N) is 1. The number of halogens is 2. The lowest BCUT2D eigenvalue weighted by Crippen LogP contribution is -2.21. The lowest BCUT2D eigenvalue weighted by molar-refractivity contribution is 0.0959. The average Bonchev–Trinajstić information content (AvgIpc) is 3.37. The Morgan fingerprint density at radius 1 is 1.15 bits per heavy atom. The highest BCUT2D eigenvalue weighted by Gasteiger charge is 2.35. The molecule has 0 saturated carbocycles. The highest BCUT2D eigenvalue weighted by atomic mass is 35.5. The summed E-state index contributed by atoms with van der Waals surface area (Å²) < 4.78 is 19.1. The molecule has 2 heterocycles. The minimum Gasteiger partial charge on any atom is -0.341 e. The Morgan fingerprint density at radius 3 is 2.73 bits per heavy atom. The molecule has 1 aromatic heterocycles. The lowest BCUT2D eigenvalue weighted by atomic mass is 9.93. The zero-order valence-corrected chi connectivity index (χ0v) is 18.7. The van der Waals surface area contributed by atoms with Gasteiger partial charge >= 0.3 is 0 Å². The van der Waals surface area contributed by atoms with Crippen LogP contribution in [0.1, 0.15) is 55.3 Å². The van der Waals surface area contributed by atoms with Gasteiger partial charge in [-0.25, -0.2) is 4.39 Å². The molecule has 1 atom stereocenters. The number of anilines is 1. The van der Waals surface area contributed by atoms with E-state index in [0.717, 1.165) is 4.70 Å². The summed E-state index contributed by atoms with van der Waals surface area (Å²) in [5.74, 6) is -1.73. The van der Waals surface area contributed by atoms with Gasteiger partial charge in [0.25, 0.3) is 11.8 Å². The molecule has 1 aliphatic rings. The SMILES string of the molecule is CC(=O)c1cc(NC(=O)c2nsc3ccccc23)c2c(c1)C(=O)NC2c1cc(F)ccc1Cl. The number of hydrogen-bond acceptors (Lipinski definition) is 5. The van der Waals surface area contributed by atoms with E-state index < -0.39 is 23.7 Å². The molecule has 0 bridgehead atoms. The Bertz CT molecular complexity index is 1480. The number of amides is 2. The van der Waals surface area contributed by atoms with Gasteiger partial charge in [-0.3, -0.25) is 14.4 Å². The molecular formula is C24H15ClFN3O3S. The molecule has 9 heteroatoms. The summed E-state index contributed by atoms with van der Waals surface area (Å²) in [4.78, 5) is 38.1. The Hall–Kier alpha value is -3.62. The molecule has 33 heavy (non-hydrogen) atoms. The maximum atomic E-state index is 14.0. The Labute approximate surface area is 196 Å². The molecule has 6 nitrogen and oxygen atoms in total. The third-order valence-electron chi connectivity index (χ3n) is 5.51. The van der Waals surface area contributed by atoms with Crippen LogP contribution in [0.15, 0.2) is 54.6 Å². The van der Waals surface area contributed by atoms with Gasteiger partial charge in [0.15, 0.2) is 5.78 Å². The van der Waals surface area contributed by atoms with E-state index in [2.05, 4.69) is 15.0 Å². The summed E-state index contributed by atoms with van der Waals surface area (Å²) in [6.45, 7) is 1.37. The number of hydrogen-bond donors (Lipinski definition) is 2. The maximum Gasteiger partial charge on any atom is 0.276 e. The van der Waals surface area contributed by atoms with Gasteiger partial charge in [-0.15, -0.1) is 0 Å². The first-order chi connectivity index (χ1) is 15.8. The van der Waals surface area contributed by atoms with Crippen LogP contribution >= 0.6 is 23.1 Å². The zero-order chi connectivity index (χ0) is 23.3. The molecule has 0 saturated heterocycles. The van der Waals surface area contributed by atoms with Crippen molar-refractivity contribution in [2.45, 2.75) is 13.0 Å². The zero-order valence-electron chi connectivity index (χ0n) is 17.1. The van der Waals surface area contributed by atoms with Crippen molar-refractivity contribution in [2.75, 3.05) is 5.32 Å². The first-order valence-corrected chi connectivity index (χ1v) is 11.1. The smallest absolute Gasteiger partial charge is 0.276 e. The van der Waals surface area contributed by atoms with Crippen molar-refractivity contribution < 1.29 is 18.8 Å². The van der Waals surface area contributed by atoms with Gasteiger partial charge < -0.3 is 10.6 Å². The van der Waals surface area contributed by atoms with E-state index in [1.165, 1.54) is 48.8 Å². The molecule has 0 radical (unpaired) electrons. The second kappa shape index (κ2) is 8.06.